The monoisotopic (exact) mass is 304 g/mol. The summed E-state index contributed by atoms with van der Waals surface area (Å²) in [5, 5.41) is 3.43. The summed E-state index contributed by atoms with van der Waals surface area (Å²) in [6.45, 7) is 5.87. The molecule has 1 aromatic heterocycles. The van der Waals surface area contributed by atoms with Crippen molar-refractivity contribution in [3.8, 4) is 0 Å². The van der Waals surface area contributed by atoms with Gasteiger partial charge in [-0.2, -0.15) is 0 Å². The van der Waals surface area contributed by atoms with Gasteiger partial charge in [0, 0.05) is 23.8 Å². The third-order valence-corrected chi connectivity index (χ3v) is 3.85. The largest absolute Gasteiger partial charge is 0.307 e. The van der Waals surface area contributed by atoms with Gasteiger partial charge in [0.15, 0.2) is 0 Å². The molecule has 0 fully saturated rings. The van der Waals surface area contributed by atoms with E-state index in [2.05, 4.69) is 64.3 Å². The number of nitrogens with zero attached hydrogens (tertiary/aromatic N) is 1. The number of rotatable bonds is 4. The van der Waals surface area contributed by atoms with E-state index in [1.54, 1.807) is 0 Å². The van der Waals surface area contributed by atoms with Gasteiger partial charge in [-0.3, -0.25) is 4.98 Å². The van der Waals surface area contributed by atoms with Crippen molar-refractivity contribution in [1.82, 2.24) is 10.3 Å². The third-order valence-electron chi connectivity index (χ3n) is 2.96. The first-order valence-corrected chi connectivity index (χ1v) is 6.82. The van der Waals surface area contributed by atoms with Crippen molar-refractivity contribution in [3.63, 3.8) is 0 Å². The lowest BCUT2D eigenvalue weighted by Gasteiger charge is -2.08. The summed E-state index contributed by atoms with van der Waals surface area (Å²) in [4.78, 5) is 4.37. The number of aromatic nitrogens is 1. The van der Waals surface area contributed by atoms with Crippen molar-refractivity contribution in [2.45, 2.75) is 26.9 Å². The summed E-state index contributed by atoms with van der Waals surface area (Å²) < 4.78 is 1.16. The normalized spacial score (nSPS) is 10.6. The second kappa shape index (κ2) is 6.12. The van der Waals surface area contributed by atoms with Crippen LogP contribution in [-0.4, -0.2) is 4.98 Å². The molecule has 0 amide bonds. The number of hydrogen-bond acceptors (Lipinski definition) is 2. The number of aryl methyl sites for hydroxylation is 2. The number of halogens is 1. The minimum Gasteiger partial charge on any atom is -0.307 e. The van der Waals surface area contributed by atoms with Crippen LogP contribution in [0.15, 0.2) is 41.0 Å². The van der Waals surface area contributed by atoms with Crippen LogP contribution in [0.4, 0.5) is 0 Å². The van der Waals surface area contributed by atoms with Crippen LogP contribution in [-0.2, 0) is 13.1 Å². The first kappa shape index (κ1) is 13.2. The summed E-state index contributed by atoms with van der Waals surface area (Å²) in [7, 11) is 0. The fourth-order valence-corrected chi connectivity index (χ4v) is 2.09. The number of pyridine rings is 1. The molecule has 0 saturated carbocycles. The summed E-state index contributed by atoms with van der Waals surface area (Å²) in [6, 6.07) is 10.5. The third kappa shape index (κ3) is 3.40. The molecule has 1 heterocycles. The predicted molar refractivity (Wildman–Crippen MR) is 78.4 cm³/mol. The molecule has 0 saturated heterocycles. The Morgan fingerprint density at radius 1 is 1.11 bits per heavy atom. The molecule has 2 aromatic rings. The molecule has 2 nitrogen and oxygen atoms in total. The highest BCUT2D eigenvalue weighted by atomic mass is 79.9. The minimum atomic E-state index is 0.807. The van der Waals surface area contributed by atoms with Crippen LogP contribution >= 0.6 is 15.9 Å². The molecule has 3 heteroatoms. The van der Waals surface area contributed by atoms with Crippen LogP contribution in [0.5, 0.6) is 0 Å². The molecule has 0 radical (unpaired) electrons. The van der Waals surface area contributed by atoms with Crippen LogP contribution in [0.2, 0.25) is 0 Å². The zero-order valence-corrected chi connectivity index (χ0v) is 12.3. The maximum Gasteiger partial charge on any atom is 0.0570 e. The van der Waals surface area contributed by atoms with E-state index in [1.165, 1.54) is 16.7 Å². The van der Waals surface area contributed by atoms with E-state index in [1.807, 2.05) is 12.3 Å². The molecule has 1 aromatic carbocycles. The maximum atomic E-state index is 4.37. The lowest BCUT2D eigenvalue weighted by atomic mass is 10.1. The van der Waals surface area contributed by atoms with Gasteiger partial charge in [-0.15, -0.1) is 0 Å². The lowest BCUT2D eigenvalue weighted by molar-refractivity contribution is 0.676. The second-order valence-corrected chi connectivity index (χ2v) is 5.31. The molecule has 2 rings (SSSR count). The predicted octanol–water partition coefficient (Wildman–Crippen LogP) is 3.75. The Kier molecular flexibility index (Phi) is 4.50. The van der Waals surface area contributed by atoms with Crippen molar-refractivity contribution in [2.75, 3.05) is 0 Å². The first-order chi connectivity index (χ1) is 8.66. The molecule has 18 heavy (non-hydrogen) atoms. The van der Waals surface area contributed by atoms with Crippen LogP contribution in [0, 0.1) is 13.8 Å². The topological polar surface area (TPSA) is 24.9 Å². The summed E-state index contributed by atoms with van der Waals surface area (Å²) in [5.41, 5.74) is 4.91. The van der Waals surface area contributed by atoms with Crippen molar-refractivity contribution >= 4 is 15.9 Å². The zero-order valence-electron chi connectivity index (χ0n) is 10.7. The highest BCUT2D eigenvalue weighted by molar-refractivity contribution is 9.10. The van der Waals surface area contributed by atoms with Crippen molar-refractivity contribution in [3.05, 3.63) is 63.4 Å². The Balaban J connectivity index is 1.92. The molecule has 0 aliphatic rings. The Morgan fingerprint density at radius 2 is 1.94 bits per heavy atom. The van der Waals surface area contributed by atoms with Crippen molar-refractivity contribution in [1.29, 1.82) is 0 Å². The maximum absolute atomic E-state index is 4.37. The number of benzene rings is 1. The summed E-state index contributed by atoms with van der Waals surface area (Å²) in [5.74, 6) is 0. The molecule has 0 bridgehead atoms. The fraction of sp³-hybridized carbons (Fsp3) is 0.267. The van der Waals surface area contributed by atoms with E-state index < -0.39 is 0 Å². The van der Waals surface area contributed by atoms with Gasteiger partial charge >= 0.3 is 0 Å². The van der Waals surface area contributed by atoms with E-state index in [0.717, 1.165) is 23.3 Å². The molecule has 0 atom stereocenters. The highest BCUT2D eigenvalue weighted by Gasteiger charge is 2.00. The SMILES string of the molecule is Cc1cc(CNCc2ncccc2C)ccc1Br. The Hall–Kier alpha value is -1.19. The van der Waals surface area contributed by atoms with Crippen LogP contribution in [0.25, 0.3) is 0 Å². The molecule has 0 spiro atoms. The Labute approximate surface area is 117 Å². The number of nitrogens with one attached hydrogen (secondary N) is 1. The second-order valence-electron chi connectivity index (χ2n) is 4.45. The van der Waals surface area contributed by atoms with Gasteiger partial charge in [-0.05, 0) is 42.7 Å². The van der Waals surface area contributed by atoms with E-state index in [4.69, 9.17) is 0 Å². The van der Waals surface area contributed by atoms with E-state index in [9.17, 15) is 0 Å². The van der Waals surface area contributed by atoms with E-state index in [-0.39, 0.29) is 0 Å². The number of hydrogen-bond donors (Lipinski definition) is 1. The van der Waals surface area contributed by atoms with Gasteiger partial charge in [0.05, 0.1) is 5.69 Å². The van der Waals surface area contributed by atoms with Crippen LogP contribution in [0.1, 0.15) is 22.4 Å². The quantitative estimate of drug-likeness (QED) is 0.930. The van der Waals surface area contributed by atoms with Gasteiger partial charge in [0.2, 0.25) is 0 Å². The van der Waals surface area contributed by atoms with Crippen molar-refractivity contribution < 1.29 is 0 Å². The fourth-order valence-electron chi connectivity index (χ4n) is 1.85. The van der Waals surface area contributed by atoms with E-state index >= 15 is 0 Å². The summed E-state index contributed by atoms with van der Waals surface area (Å²) >= 11 is 3.51. The van der Waals surface area contributed by atoms with Gasteiger partial charge in [-0.25, -0.2) is 0 Å². The molecular formula is C15H17BrN2. The van der Waals surface area contributed by atoms with Gasteiger partial charge < -0.3 is 5.32 Å². The summed E-state index contributed by atoms with van der Waals surface area (Å²) in [6.07, 6.45) is 1.84. The highest BCUT2D eigenvalue weighted by Crippen LogP contribution is 2.17. The molecule has 0 unspecified atom stereocenters. The molecular weight excluding hydrogens is 288 g/mol. The van der Waals surface area contributed by atoms with Crippen LogP contribution in [0.3, 0.4) is 0 Å². The molecule has 0 aliphatic heterocycles. The first-order valence-electron chi connectivity index (χ1n) is 6.03. The molecule has 94 valence electrons. The molecule has 0 aliphatic carbocycles. The zero-order chi connectivity index (χ0) is 13.0. The van der Waals surface area contributed by atoms with Crippen molar-refractivity contribution in [2.24, 2.45) is 0 Å². The van der Waals surface area contributed by atoms with Crippen LogP contribution < -0.4 is 5.32 Å². The van der Waals surface area contributed by atoms with Gasteiger partial charge in [0.1, 0.15) is 0 Å². The standard InChI is InChI=1S/C15H17BrN2/c1-11-4-3-7-18-15(11)10-17-9-13-5-6-14(16)12(2)8-13/h3-8,17H,9-10H2,1-2H3. The average Bonchev–Trinajstić information content (AvgIpc) is 2.36. The Bertz CT molecular complexity index is 538. The molecule has 1 N–H and O–H groups in total. The Morgan fingerprint density at radius 3 is 2.67 bits per heavy atom. The van der Waals surface area contributed by atoms with E-state index in [0.29, 0.717) is 0 Å². The smallest absolute Gasteiger partial charge is 0.0570 e. The average molecular weight is 305 g/mol. The minimum absolute atomic E-state index is 0.807. The van der Waals surface area contributed by atoms with Gasteiger partial charge in [0.25, 0.3) is 0 Å². The van der Waals surface area contributed by atoms with Gasteiger partial charge in [-0.1, -0.05) is 34.1 Å². The lowest BCUT2D eigenvalue weighted by Crippen LogP contribution is -2.14.